The van der Waals surface area contributed by atoms with Gasteiger partial charge < -0.3 is 10.2 Å². The number of halogens is 1. The third-order valence-corrected chi connectivity index (χ3v) is 5.88. The Morgan fingerprint density at radius 1 is 1.36 bits per heavy atom. The monoisotopic (exact) mass is 395 g/mol. The number of thiophene rings is 1. The first-order valence-corrected chi connectivity index (χ1v) is 9.45. The molecule has 2 atom stereocenters. The summed E-state index contributed by atoms with van der Waals surface area (Å²) in [5.74, 6) is 0. The summed E-state index contributed by atoms with van der Waals surface area (Å²) in [5, 5.41) is 4.31. The lowest BCUT2D eigenvalue weighted by Crippen LogP contribution is -2.30. The maximum absolute atomic E-state index is 5.59. The second kappa shape index (κ2) is 7.06. The second-order valence-electron chi connectivity index (χ2n) is 5.32. The van der Waals surface area contributed by atoms with Gasteiger partial charge in [-0.3, -0.25) is 4.98 Å². The summed E-state index contributed by atoms with van der Waals surface area (Å²) in [6.45, 7) is 3.19. The first-order valence-electron chi connectivity index (χ1n) is 7.44. The summed E-state index contributed by atoms with van der Waals surface area (Å²) < 4.78 is 1.15. The number of nitrogens with one attached hydrogen (secondary N) is 1. The molecule has 0 aliphatic carbocycles. The normalized spacial score (nSPS) is 21.2. The molecule has 1 aliphatic heterocycles. The van der Waals surface area contributed by atoms with Crippen molar-refractivity contribution < 1.29 is 0 Å². The van der Waals surface area contributed by atoms with Crippen LogP contribution in [0.5, 0.6) is 0 Å². The SMILES string of the molecule is CCCCN1C(=S)N[C@H](c2ccccn2)[C@@H]1c1ccc(Br)s1. The molecule has 0 radical (unpaired) electrons. The molecular formula is C16H18BrN3S2. The molecule has 0 unspecified atom stereocenters. The van der Waals surface area contributed by atoms with Crippen molar-refractivity contribution in [1.29, 1.82) is 0 Å². The van der Waals surface area contributed by atoms with E-state index in [1.54, 1.807) is 11.3 Å². The van der Waals surface area contributed by atoms with Gasteiger partial charge in [-0.05, 0) is 58.8 Å². The van der Waals surface area contributed by atoms with E-state index in [-0.39, 0.29) is 12.1 Å². The molecular weight excluding hydrogens is 378 g/mol. The van der Waals surface area contributed by atoms with Crippen LogP contribution in [0.3, 0.4) is 0 Å². The Balaban J connectivity index is 1.96. The van der Waals surface area contributed by atoms with Gasteiger partial charge in [0.15, 0.2) is 5.11 Å². The van der Waals surface area contributed by atoms with Crippen molar-refractivity contribution >= 4 is 44.6 Å². The van der Waals surface area contributed by atoms with Crippen LogP contribution in [0.2, 0.25) is 0 Å². The maximum atomic E-state index is 5.59. The van der Waals surface area contributed by atoms with Crippen molar-refractivity contribution in [3.8, 4) is 0 Å². The molecule has 0 spiro atoms. The Hall–Kier alpha value is -0.980. The van der Waals surface area contributed by atoms with Gasteiger partial charge in [-0.2, -0.15) is 0 Å². The smallest absolute Gasteiger partial charge is 0.170 e. The topological polar surface area (TPSA) is 28.2 Å². The average Bonchev–Trinajstić information content (AvgIpc) is 3.09. The van der Waals surface area contributed by atoms with Gasteiger partial charge in [0, 0.05) is 17.6 Å². The zero-order valence-corrected chi connectivity index (χ0v) is 15.5. The molecule has 116 valence electrons. The van der Waals surface area contributed by atoms with E-state index in [0.29, 0.717) is 0 Å². The highest BCUT2D eigenvalue weighted by Crippen LogP contribution is 2.42. The Morgan fingerprint density at radius 3 is 2.86 bits per heavy atom. The van der Waals surface area contributed by atoms with Crippen LogP contribution in [0.15, 0.2) is 40.3 Å². The van der Waals surface area contributed by atoms with Gasteiger partial charge in [-0.25, -0.2) is 0 Å². The molecule has 1 aliphatic rings. The first kappa shape index (κ1) is 15.9. The highest BCUT2D eigenvalue weighted by atomic mass is 79.9. The molecule has 0 saturated carbocycles. The summed E-state index contributed by atoms with van der Waals surface area (Å²) in [6, 6.07) is 10.7. The number of pyridine rings is 1. The second-order valence-corrected chi connectivity index (χ2v) is 8.20. The van der Waals surface area contributed by atoms with Crippen molar-refractivity contribution in [2.45, 2.75) is 31.8 Å². The third kappa shape index (κ3) is 3.19. The maximum Gasteiger partial charge on any atom is 0.170 e. The van der Waals surface area contributed by atoms with Crippen molar-refractivity contribution in [3.63, 3.8) is 0 Å². The summed E-state index contributed by atoms with van der Waals surface area (Å²) in [4.78, 5) is 8.16. The Morgan fingerprint density at radius 2 is 2.23 bits per heavy atom. The minimum atomic E-state index is 0.108. The molecule has 0 amide bonds. The predicted molar refractivity (Wildman–Crippen MR) is 99.1 cm³/mol. The molecule has 0 bridgehead atoms. The lowest BCUT2D eigenvalue weighted by Gasteiger charge is -2.26. The standard InChI is InChI=1S/C16H18BrN3S2/c1-2-3-10-20-15(12-7-8-13(17)22-12)14(19-16(20)21)11-6-4-5-9-18-11/h4-9,14-15H,2-3,10H2,1H3,(H,19,21)/t14-,15+/m1/s1. The number of unbranched alkanes of at least 4 members (excludes halogenated alkanes) is 1. The van der Waals surface area contributed by atoms with E-state index in [1.165, 1.54) is 4.88 Å². The van der Waals surface area contributed by atoms with E-state index in [0.717, 1.165) is 34.0 Å². The van der Waals surface area contributed by atoms with Crippen LogP contribution in [0.25, 0.3) is 0 Å². The van der Waals surface area contributed by atoms with Gasteiger partial charge in [-0.15, -0.1) is 11.3 Å². The Bertz CT molecular complexity index is 644. The number of aromatic nitrogens is 1. The molecule has 2 aromatic rings. The van der Waals surface area contributed by atoms with Crippen LogP contribution in [-0.2, 0) is 0 Å². The quantitative estimate of drug-likeness (QED) is 0.743. The molecule has 1 N–H and O–H groups in total. The first-order chi connectivity index (χ1) is 10.7. The fraction of sp³-hybridized carbons (Fsp3) is 0.375. The van der Waals surface area contributed by atoms with E-state index in [4.69, 9.17) is 12.2 Å². The summed E-state index contributed by atoms with van der Waals surface area (Å²) >= 11 is 10.9. The highest BCUT2D eigenvalue weighted by Gasteiger charge is 2.40. The van der Waals surface area contributed by atoms with Crippen molar-refractivity contribution in [3.05, 3.63) is 50.9 Å². The number of thiocarbonyl (C=S) groups is 1. The predicted octanol–water partition coefficient (Wildman–Crippen LogP) is 4.68. The zero-order valence-electron chi connectivity index (χ0n) is 12.3. The van der Waals surface area contributed by atoms with Crippen LogP contribution in [0.4, 0.5) is 0 Å². The summed E-state index contributed by atoms with van der Waals surface area (Å²) in [5.41, 5.74) is 1.04. The van der Waals surface area contributed by atoms with Crippen LogP contribution in [-0.4, -0.2) is 21.5 Å². The summed E-state index contributed by atoms with van der Waals surface area (Å²) in [6.07, 6.45) is 4.14. The minimum absolute atomic E-state index is 0.108. The molecule has 2 aromatic heterocycles. The van der Waals surface area contributed by atoms with E-state index in [1.807, 2.05) is 18.3 Å². The zero-order chi connectivity index (χ0) is 15.5. The Kier molecular flexibility index (Phi) is 5.10. The molecule has 6 heteroatoms. The van der Waals surface area contributed by atoms with E-state index in [9.17, 15) is 0 Å². The van der Waals surface area contributed by atoms with Gasteiger partial charge in [0.25, 0.3) is 0 Å². The van der Waals surface area contributed by atoms with E-state index >= 15 is 0 Å². The fourth-order valence-electron chi connectivity index (χ4n) is 2.77. The molecule has 1 saturated heterocycles. The number of hydrogen-bond donors (Lipinski definition) is 1. The van der Waals surface area contributed by atoms with Gasteiger partial charge in [0.2, 0.25) is 0 Å². The number of rotatable bonds is 5. The number of hydrogen-bond acceptors (Lipinski definition) is 3. The third-order valence-electron chi connectivity index (χ3n) is 3.84. The molecule has 3 heterocycles. The molecule has 3 nitrogen and oxygen atoms in total. The largest absolute Gasteiger partial charge is 0.352 e. The molecule has 1 fully saturated rings. The van der Waals surface area contributed by atoms with Crippen LogP contribution in [0, 0.1) is 0 Å². The van der Waals surface area contributed by atoms with Gasteiger partial charge in [0.05, 0.1) is 21.6 Å². The number of nitrogens with zero attached hydrogens (tertiary/aromatic N) is 2. The van der Waals surface area contributed by atoms with Gasteiger partial charge >= 0.3 is 0 Å². The van der Waals surface area contributed by atoms with Crippen LogP contribution >= 0.6 is 39.5 Å². The van der Waals surface area contributed by atoms with E-state index in [2.05, 4.69) is 56.3 Å². The van der Waals surface area contributed by atoms with Crippen LogP contribution < -0.4 is 5.32 Å². The molecule has 22 heavy (non-hydrogen) atoms. The van der Waals surface area contributed by atoms with Crippen LogP contribution in [0.1, 0.15) is 42.4 Å². The lowest BCUT2D eigenvalue weighted by atomic mass is 10.0. The van der Waals surface area contributed by atoms with E-state index < -0.39 is 0 Å². The van der Waals surface area contributed by atoms with Gasteiger partial charge in [0.1, 0.15) is 0 Å². The Labute approximate surface area is 148 Å². The highest BCUT2D eigenvalue weighted by molar-refractivity contribution is 9.11. The molecule has 0 aromatic carbocycles. The fourth-order valence-corrected chi connectivity index (χ4v) is 4.68. The molecule has 3 rings (SSSR count). The van der Waals surface area contributed by atoms with Crippen molar-refractivity contribution in [2.75, 3.05) is 6.54 Å². The minimum Gasteiger partial charge on any atom is -0.352 e. The van der Waals surface area contributed by atoms with Crippen molar-refractivity contribution in [2.24, 2.45) is 0 Å². The summed E-state index contributed by atoms with van der Waals surface area (Å²) in [7, 11) is 0. The lowest BCUT2D eigenvalue weighted by molar-refractivity contribution is 0.317. The average molecular weight is 396 g/mol. The van der Waals surface area contributed by atoms with Gasteiger partial charge in [-0.1, -0.05) is 19.4 Å². The van der Waals surface area contributed by atoms with Crippen molar-refractivity contribution in [1.82, 2.24) is 15.2 Å².